The van der Waals surface area contributed by atoms with Crippen molar-refractivity contribution in [3.8, 4) is 0 Å². The molecule has 1 N–H and O–H groups in total. The van der Waals surface area contributed by atoms with Crippen molar-refractivity contribution in [1.82, 2.24) is 0 Å². The molecule has 0 aliphatic carbocycles. The second-order valence-electron chi connectivity index (χ2n) is 3.15. The van der Waals surface area contributed by atoms with Crippen LogP contribution in [0.15, 0.2) is 40.3 Å². The van der Waals surface area contributed by atoms with Crippen LogP contribution >= 0.6 is 11.3 Å². The molecule has 14 heavy (non-hydrogen) atoms. The standard InChI is InChI=1S/C11H12O2S/c12-10(11-4-2-8-14-11)6-5-9-3-1-7-13-9/h1-4,7-8,10,12H,5-6H2. The normalized spacial score (nSPS) is 12.9. The van der Waals surface area contributed by atoms with E-state index >= 15 is 0 Å². The Labute approximate surface area is 86.8 Å². The Morgan fingerprint density at radius 1 is 1.36 bits per heavy atom. The SMILES string of the molecule is OC(CCc1ccco1)c1cccs1. The van der Waals surface area contributed by atoms with Gasteiger partial charge in [-0.15, -0.1) is 11.3 Å². The number of furan rings is 1. The van der Waals surface area contributed by atoms with Gasteiger partial charge in [0.05, 0.1) is 12.4 Å². The molecule has 1 atom stereocenters. The highest BCUT2D eigenvalue weighted by atomic mass is 32.1. The van der Waals surface area contributed by atoms with Gasteiger partial charge in [0, 0.05) is 11.3 Å². The number of hydrogen-bond acceptors (Lipinski definition) is 3. The van der Waals surface area contributed by atoms with Crippen molar-refractivity contribution in [3.05, 3.63) is 46.5 Å². The summed E-state index contributed by atoms with van der Waals surface area (Å²) >= 11 is 1.59. The molecular weight excluding hydrogens is 196 g/mol. The fourth-order valence-electron chi connectivity index (χ4n) is 1.36. The van der Waals surface area contributed by atoms with Gasteiger partial charge in [-0.2, -0.15) is 0 Å². The van der Waals surface area contributed by atoms with Crippen molar-refractivity contribution >= 4 is 11.3 Å². The number of hydrogen-bond donors (Lipinski definition) is 1. The maximum atomic E-state index is 9.78. The van der Waals surface area contributed by atoms with Gasteiger partial charge in [-0.1, -0.05) is 6.07 Å². The molecule has 0 radical (unpaired) electrons. The highest BCUT2D eigenvalue weighted by Crippen LogP contribution is 2.23. The van der Waals surface area contributed by atoms with E-state index in [4.69, 9.17) is 4.42 Å². The summed E-state index contributed by atoms with van der Waals surface area (Å²) in [6.45, 7) is 0. The van der Waals surface area contributed by atoms with Gasteiger partial charge in [0.15, 0.2) is 0 Å². The first kappa shape index (κ1) is 9.49. The van der Waals surface area contributed by atoms with Crippen LogP contribution < -0.4 is 0 Å². The van der Waals surface area contributed by atoms with Gasteiger partial charge in [-0.25, -0.2) is 0 Å². The van der Waals surface area contributed by atoms with E-state index in [0.717, 1.165) is 17.1 Å². The summed E-state index contributed by atoms with van der Waals surface area (Å²) in [5.41, 5.74) is 0. The van der Waals surface area contributed by atoms with Crippen LogP contribution in [0.3, 0.4) is 0 Å². The zero-order valence-corrected chi connectivity index (χ0v) is 8.54. The van der Waals surface area contributed by atoms with Crippen molar-refractivity contribution < 1.29 is 9.52 Å². The van der Waals surface area contributed by atoms with Gasteiger partial charge in [-0.3, -0.25) is 0 Å². The largest absolute Gasteiger partial charge is 0.469 e. The minimum atomic E-state index is -0.361. The van der Waals surface area contributed by atoms with Crippen LogP contribution in [0.25, 0.3) is 0 Å². The molecule has 0 fully saturated rings. The predicted octanol–water partition coefficient (Wildman–Crippen LogP) is 3.01. The molecule has 2 nitrogen and oxygen atoms in total. The predicted molar refractivity (Wildman–Crippen MR) is 56.3 cm³/mol. The quantitative estimate of drug-likeness (QED) is 0.837. The van der Waals surface area contributed by atoms with E-state index in [0.29, 0.717) is 6.42 Å². The lowest BCUT2D eigenvalue weighted by atomic mass is 10.1. The van der Waals surface area contributed by atoms with Crippen molar-refractivity contribution in [2.24, 2.45) is 0 Å². The lowest BCUT2D eigenvalue weighted by molar-refractivity contribution is 0.169. The molecule has 0 amide bonds. The van der Waals surface area contributed by atoms with Gasteiger partial charge in [-0.05, 0) is 30.0 Å². The smallest absolute Gasteiger partial charge is 0.103 e. The van der Waals surface area contributed by atoms with E-state index in [-0.39, 0.29) is 6.10 Å². The summed E-state index contributed by atoms with van der Waals surface area (Å²) in [4.78, 5) is 1.02. The van der Waals surface area contributed by atoms with Crippen LogP contribution in [0.5, 0.6) is 0 Å². The minimum absolute atomic E-state index is 0.361. The zero-order chi connectivity index (χ0) is 9.80. The van der Waals surface area contributed by atoms with Crippen LogP contribution in [-0.2, 0) is 6.42 Å². The number of rotatable bonds is 4. The van der Waals surface area contributed by atoms with Crippen LogP contribution in [-0.4, -0.2) is 5.11 Å². The van der Waals surface area contributed by atoms with E-state index in [2.05, 4.69) is 0 Å². The Balaban J connectivity index is 1.87. The Kier molecular flexibility index (Phi) is 3.01. The topological polar surface area (TPSA) is 33.4 Å². The maximum absolute atomic E-state index is 9.78. The average molecular weight is 208 g/mol. The lowest BCUT2D eigenvalue weighted by Gasteiger charge is -2.06. The van der Waals surface area contributed by atoms with E-state index < -0.39 is 0 Å². The van der Waals surface area contributed by atoms with Gasteiger partial charge in [0.1, 0.15) is 5.76 Å². The summed E-state index contributed by atoms with van der Waals surface area (Å²) in [6, 6.07) is 7.71. The average Bonchev–Trinajstić information content (AvgIpc) is 2.87. The van der Waals surface area contributed by atoms with E-state index in [9.17, 15) is 5.11 Å². The molecule has 2 rings (SSSR count). The Hall–Kier alpha value is -1.06. The molecule has 0 saturated heterocycles. The molecular formula is C11H12O2S. The highest BCUT2D eigenvalue weighted by Gasteiger charge is 2.08. The Morgan fingerprint density at radius 2 is 2.29 bits per heavy atom. The number of aliphatic hydroxyl groups excluding tert-OH is 1. The van der Waals surface area contributed by atoms with E-state index in [1.807, 2.05) is 29.6 Å². The summed E-state index contributed by atoms with van der Waals surface area (Å²) in [5, 5.41) is 11.8. The van der Waals surface area contributed by atoms with E-state index in [1.54, 1.807) is 17.6 Å². The van der Waals surface area contributed by atoms with E-state index in [1.165, 1.54) is 0 Å². The third-order valence-electron chi connectivity index (χ3n) is 2.12. The van der Waals surface area contributed by atoms with Gasteiger partial charge in [0.25, 0.3) is 0 Å². The van der Waals surface area contributed by atoms with Crippen molar-refractivity contribution in [2.45, 2.75) is 18.9 Å². The third-order valence-corrected chi connectivity index (χ3v) is 3.09. The van der Waals surface area contributed by atoms with Crippen LogP contribution in [0, 0.1) is 0 Å². The summed E-state index contributed by atoms with van der Waals surface area (Å²) in [5.74, 6) is 0.931. The van der Waals surface area contributed by atoms with Crippen LogP contribution in [0.1, 0.15) is 23.2 Å². The highest BCUT2D eigenvalue weighted by molar-refractivity contribution is 7.10. The van der Waals surface area contributed by atoms with Crippen molar-refractivity contribution in [1.29, 1.82) is 0 Å². The first-order valence-corrected chi connectivity index (χ1v) is 5.48. The number of aryl methyl sites for hydroxylation is 1. The molecule has 74 valence electrons. The fourth-order valence-corrected chi connectivity index (χ4v) is 2.10. The molecule has 0 aliphatic rings. The van der Waals surface area contributed by atoms with Gasteiger partial charge >= 0.3 is 0 Å². The molecule has 0 spiro atoms. The summed E-state index contributed by atoms with van der Waals surface area (Å²) in [6.07, 6.45) is 2.80. The molecule has 2 aromatic rings. The number of aliphatic hydroxyl groups is 1. The Bertz CT molecular complexity index is 351. The monoisotopic (exact) mass is 208 g/mol. The molecule has 1 unspecified atom stereocenters. The second kappa shape index (κ2) is 4.44. The van der Waals surface area contributed by atoms with Gasteiger partial charge < -0.3 is 9.52 Å². The van der Waals surface area contributed by atoms with Crippen molar-refractivity contribution in [2.75, 3.05) is 0 Å². The van der Waals surface area contributed by atoms with Crippen molar-refractivity contribution in [3.63, 3.8) is 0 Å². The Morgan fingerprint density at radius 3 is 2.93 bits per heavy atom. The fraction of sp³-hybridized carbons (Fsp3) is 0.273. The zero-order valence-electron chi connectivity index (χ0n) is 7.72. The van der Waals surface area contributed by atoms with Crippen LogP contribution in [0.4, 0.5) is 0 Å². The van der Waals surface area contributed by atoms with Crippen LogP contribution in [0.2, 0.25) is 0 Å². The molecule has 2 aromatic heterocycles. The molecule has 0 bridgehead atoms. The molecule has 2 heterocycles. The maximum Gasteiger partial charge on any atom is 0.103 e. The number of thiophene rings is 1. The third kappa shape index (κ3) is 2.25. The first-order chi connectivity index (χ1) is 6.86. The lowest BCUT2D eigenvalue weighted by Crippen LogP contribution is -1.96. The minimum Gasteiger partial charge on any atom is -0.469 e. The molecule has 0 aliphatic heterocycles. The molecule has 0 saturated carbocycles. The summed E-state index contributed by atoms with van der Waals surface area (Å²) in [7, 11) is 0. The molecule has 3 heteroatoms. The second-order valence-corrected chi connectivity index (χ2v) is 4.13. The molecule has 0 aromatic carbocycles. The summed E-state index contributed by atoms with van der Waals surface area (Å²) < 4.78 is 5.19. The first-order valence-electron chi connectivity index (χ1n) is 4.60. The van der Waals surface area contributed by atoms with Gasteiger partial charge in [0.2, 0.25) is 0 Å².